The number of nitrogens with one attached hydrogen (secondary N) is 1. The molecule has 1 saturated heterocycles. The van der Waals surface area contributed by atoms with Gasteiger partial charge in [0, 0.05) is 31.9 Å². The number of likely N-dealkylation sites (N-methyl/N-ethyl adjacent to an activating group) is 1. The second-order valence-electron chi connectivity index (χ2n) is 6.79. The third kappa shape index (κ3) is 4.83. The molecule has 0 aromatic heterocycles. The van der Waals surface area contributed by atoms with E-state index >= 15 is 0 Å². The fourth-order valence-corrected chi connectivity index (χ4v) is 3.19. The molecule has 5 nitrogen and oxygen atoms in total. The quantitative estimate of drug-likeness (QED) is 0.831. The Kier molecular flexibility index (Phi) is 6.04. The summed E-state index contributed by atoms with van der Waals surface area (Å²) in [7, 11) is 2.06. The number of rotatable bonds is 5. The molecule has 3 rings (SSSR count). The topological polar surface area (TPSA) is 52.7 Å². The van der Waals surface area contributed by atoms with Crippen molar-refractivity contribution in [2.24, 2.45) is 0 Å². The SMILES string of the molecule is C=CC(=O)Nc1ccc(-c2ccccc2)cc1CC(=O)N1CCN(C)CC1. The maximum atomic E-state index is 12.8. The minimum atomic E-state index is -0.282. The van der Waals surface area contributed by atoms with Crippen molar-refractivity contribution in [2.75, 3.05) is 38.5 Å². The fourth-order valence-electron chi connectivity index (χ4n) is 3.19. The first-order valence-corrected chi connectivity index (χ1v) is 9.15. The van der Waals surface area contributed by atoms with Gasteiger partial charge >= 0.3 is 0 Å². The molecule has 0 atom stereocenters. The molecule has 1 aliphatic heterocycles. The van der Waals surface area contributed by atoms with Crippen LogP contribution in [0.4, 0.5) is 5.69 Å². The van der Waals surface area contributed by atoms with Crippen molar-refractivity contribution in [1.29, 1.82) is 0 Å². The van der Waals surface area contributed by atoms with E-state index in [0.29, 0.717) is 5.69 Å². The van der Waals surface area contributed by atoms with Crippen molar-refractivity contribution in [1.82, 2.24) is 9.80 Å². The summed E-state index contributed by atoms with van der Waals surface area (Å²) in [5.74, 6) is -0.196. The van der Waals surface area contributed by atoms with Crippen molar-refractivity contribution >= 4 is 17.5 Å². The van der Waals surface area contributed by atoms with Crippen LogP contribution >= 0.6 is 0 Å². The van der Waals surface area contributed by atoms with Gasteiger partial charge in [-0.15, -0.1) is 0 Å². The molecule has 0 spiro atoms. The van der Waals surface area contributed by atoms with Gasteiger partial charge in [-0.2, -0.15) is 0 Å². The van der Waals surface area contributed by atoms with Crippen LogP contribution in [0.5, 0.6) is 0 Å². The summed E-state index contributed by atoms with van der Waals surface area (Å²) in [6.07, 6.45) is 1.49. The summed E-state index contributed by atoms with van der Waals surface area (Å²) in [5, 5.41) is 2.82. The molecular formula is C22H25N3O2. The van der Waals surface area contributed by atoms with Gasteiger partial charge in [0.25, 0.3) is 0 Å². The van der Waals surface area contributed by atoms with E-state index in [9.17, 15) is 9.59 Å². The van der Waals surface area contributed by atoms with E-state index in [0.717, 1.165) is 42.9 Å². The molecule has 1 fully saturated rings. The summed E-state index contributed by atoms with van der Waals surface area (Å²) < 4.78 is 0. The van der Waals surface area contributed by atoms with Crippen LogP contribution in [-0.2, 0) is 16.0 Å². The summed E-state index contributed by atoms with van der Waals surface area (Å²) in [5.41, 5.74) is 3.57. The first-order chi connectivity index (χ1) is 13.1. The second-order valence-corrected chi connectivity index (χ2v) is 6.79. The van der Waals surface area contributed by atoms with Gasteiger partial charge in [-0.05, 0) is 41.9 Å². The van der Waals surface area contributed by atoms with E-state index in [-0.39, 0.29) is 18.2 Å². The highest BCUT2D eigenvalue weighted by Crippen LogP contribution is 2.26. The number of piperazine rings is 1. The van der Waals surface area contributed by atoms with Gasteiger partial charge in [0.1, 0.15) is 0 Å². The third-order valence-electron chi connectivity index (χ3n) is 4.85. The Morgan fingerprint density at radius 2 is 1.74 bits per heavy atom. The molecule has 5 heteroatoms. The van der Waals surface area contributed by atoms with Crippen LogP contribution < -0.4 is 5.32 Å². The Balaban J connectivity index is 1.86. The average Bonchev–Trinajstić information content (AvgIpc) is 2.70. The molecule has 140 valence electrons. The maximum absolute atomic E-state index is 12.8. The van der Waals surface area contributed by atoms with E-state index in [4.69, 9.17) is 0 Å². The third-order valence-corrected chi connectivity index (χ3v) is 4.85. The zero-order valence-corrected chi connectivity index (χ0v) is 15.6. The lowest BCUT2D eigenvalue weighted by molar-refractivity contribution is -0.132. The van der Waals surface area contributed by atoms with Gasteiger partial charge in [-0.3, -0.25) is 9.59 Å². The van der Waals surface area contributed by atoms with E-state index in [1.54, 1.807) is 0 Å². The van der Waals surface area contributed by atoms with Crippen LogP contribution in [-0.4, -0.2) is 54.8 Å². The van der Waals surface area contributed by atoms with Gasteiger partial charge in [-0.25, -0.2) is 0 Å². The normalized spacial score (nSPS) is 14.6. The molecule has 0 unspecified atom stereocenters. The highest BCUT2D eigenvalue weighted by atomic mass is 16.2. The minimum Gasteiger partial charge on any atom is -0.340 e. The number of carbonyl (C=O) groups excluding carboxylic acids is 2. The van der Waals surface area contributed by atoms with Crippen LogP contribution in [0.15, 0.2) is 61.2 Å². The van der Waals surface area contributed by atoms with Crippen molar-refractivity contribution < 1.29 is 9.59 Å². The summed E-state index contributed by atoms with van der Waals surface area (Å²) in [4.78, 5) is 28.7. The zero-order chi connectivity index (χ0) is 19.2. The second kappa shape index (κ2) is 8.64. The number of anilines is 1. The molecule has 1 N–H and O–H groups in total. The Bertz CT molecular complexity index is 825. The molecule has 2 aromatic rings. The van der Waals surface area contributed by atoms with E-state index in [2.05, 4.69) is 23.8 Å². The standard InChI is InChI=1S/C22H25N3O2/c1-3-21(26)23-20-10-9-18(17-7-5-4-6-8-17)15-19(20)16-22(27)25-13-11-24(2)12-14-25/h3-10,15H,1,11-14,16H2,2H3,(H,23,26). The summed E-state index contributed by atoms with van der Waals surface area (Å²) in [6.45, 7) is 6.75. The molecule has 1 heterocycles. The smallest absolute Gasteiger partial charge is 0.247 e. The van der Waals surface area contributed by atoms with Crippen molar-refractivity contribution in [2.45, 2.75) is 6.42 Å². The van der Waals surface area contributed by atoms with Crippen LogP contribution in [0.3, 0.4) is 0 Å². The first kappa shape index (κ1) is 18.9. The Hall–Kier alpha value is -2.92. The number of carbonyl (C=O) groups is 2. The predicted octanol–water partition coefficient (Wildman–Crippen LogP) is 2.79. The largest absolute Gasteiger partial charge is 0.340 e. The van der Waals surface area contributed by atoms with Gasteiger partial charge in [0.05, 0.1) is 6.42 Å². The van der Waals surface area contributed by atoms with E-state index in [1.165, 1.54) is 6.08 Å². The maximum Gasteiger partial charge on any atom is 0.247 e. The lowest BCUT2D eigenvalue weighted by Gasteiger charge is -2.32. The molecule has 0 saturated carbocycles. The Morgan fingerprint density at radius 1 is 1.04 bits per heavy atom. The van der Waals surface area contributed by atoms with Gasteiger partial charge < -0.3 is 15.1 Å². The number of amides is 2. The number of benzene rings is 2. The number of hydrogen-bond acceptors (Lipinski definition) is 3. The van der Waals surface area contributed by atoms with Crippen LogP contribution in [0.2, 0.25) is 0 Å². The molecule has 0 bridgehead atoms. The van der Waals surface area contributed by atoms with Crippen molar-refractivity contribution in [3.8, 4) is 11.1 Å². The van der Waals surface area contributed by atoms with Crippen LogP contribution in [0.25, 0.3) is 11.1 Å². The van der Waals surface area contributed by atoms with Crippen LogP contribution in [0.1, 0.15) is 5.56 Å². The summed E-state index contributed by atoms with van der Waals surface area (Å²) >= 11 is 0. The van der Waals surface area contributed by atoms with Crippen LogP contribution in [0, 0.1) is 0 Å². The van der Waals surface area contributed by atoms with Gasteiger partial charge in [-0.1, -0.05) is 43.0 Å². The number of hydrogen-bond donors (Lipinski definition) is 1. The first-order valence-electron chi connectivity index (χ1n) is 9.15. The highest BCUT2D eigenvalue weighted by Gasteiger charge is 2.20. The van der Waals surface area contributed by atoms with Gasteiger partial charge in [0.15, 0.2) is 0 Å². The minimum absolute atomic E-state index is 0.0856. The number of nitrogens with zero attached hydrogens (tertiary/aromatic N) is 2. The molecular weight excluding hydrogens is 338 g/mol. The van der Waals surface area contributed by atoms with Crippen molar-refractivity contribution in [3.63, 3.8) is 0 Å². The fraction of sp³-hybridized carbons (Fsp3) is 0.273. The average molecular weight is 363 g/mol. The molecule has 2 aromatic carbocycles. The zero-order valence-electron chi connectivity index (χ0n) is 15.6. The Morgan fingerprint density at radius 3 is 2.41 bits per heavy atom. The van der Waals surface area contributed by atoms with Gasteiger partial charge in [0.2, 0.25) is 11.8 Å². The van der Waals surface area contributed by atoms with E-state index in [1.807, 2.05) is 53.4 Å². The van der Waals surface area contributed by atoms with Crippen molar-refractivity contribution in [3.05, 3.63) is 66.7 Å². The predicted molar refractivity (Wildman–Crippen MR) is 108 cm³/mol. The molecule has 0 aliphatic carbocycles. The highest BCUT2D eigenvalue weighted by molar-refractivity contribution is 6.00. The summed E-state index contributed by atoms with van der Waals surface area (Å²) in [6, 6.07) is 15.8. The lowest BCUT2D eigenvalue weighted by Crippen LogP contribution is -2.47. The Labute approximate surface area is 160 Å². The molecule has 1 aliphatic rings. The molecule has 0 radical (unpaired) electrons. The van der Waals surface area contributed by atoms with E-state index < -0.39 is 0 Å². The molecule has 27 heavy (non-hydrogen) atoms. The molecule has 2 amide bonds. The monoisotopic (exact) mass is 363 g/mol. The lowest BCUT2D eigenvalue weighted by atomic mass is 9.99.